The summed E-state index contributed by atoms with van der Waals surface area (Å²) in [6.07, 6.45) is 3.12. The van der Waals surface area contributed by atoms with Crippen molar-refractivity contribution in [1.29, 1.82) is 0 Å². The number of rotatable bonds is 5. The Balaban J connectivity index is 2.32. The van der Waals surface area contributed by atoms with Gasteiger partial charge in [-0.3, -0.25) is 9.78 Å². The van der Waals surface area contributed by atoms with E-state index in [1.807, 2.05) is 0 Å². The number of ether oxygens (including phenoxy) is 1. The molecule has 0 spiro atoms. The first-order valence-corrected chi connectivity index (χ1v) is 7.30. The predicted molar refractivity (Wildman–Crippen MR) is 77.8 cm³/mol. The Morgan fingerprint density at radius 3 is 2.86 bits per heavy atom. The van der Waals surface area contributed by atoms with Gasteiger partial charge in [-0.05, 0) is 19.9 Å². The average Bonchev–Trinajstić information content (AvgIpc) is 3.02. The Kier molecular flexibility index (Phi) is 4.64. The van der Waals surface area contributed by atoms with Crippen molar-refractivity contribution in [2.45, 2.75) is 19.4 Å². The molecule has 0 saturated carbocycles. The van der Waals surface area contributed by atoms with Crippen LogP contribution in [0.3, 0.4) is 0 Å². The molecule has 1 N–H and O–H groups in total. The fourth-order valence-electron chi connectivity index (χ4n) is 1.79. The summed E-state index contributed by atoms with van der Waals surface area (Å²) in [6.45, 7) is 3.53. The van der Waals surface area contributed by atoms with E-state index in [0.717, 1.165) is 0 Å². The maximum absolute atomic E-state index is 12.3. The number of pyridine rings is 1. The van der Waals surface area contributed by atoms with Gasteiger partial charge in [0.25, 0.3) is 5.91 Å². The van der Waals surface area contributed by atoms with Crippen molar-refractivity contribution >= 4 is 23.2 Å². The lowest BCUT2D eigenvalue weighted by Crippen LogP contribution is -2.50. The molecule has 110 valence electrons. The van der Waals surface area contributed by atoms with E-state index in [1.165, 1.54) is 17.5 Å². The Morgan fingerprint density at radius 1 is 1.48 bits per heavy atom. The zero-order valence-electron chi connectivity index (χ0n) is 11.7. The standard InChI is InChI=1S/C14H15N3O3S/c1-3-20-13(19)14(2,10-5-4-6-15-7-10)17-12(18)11-8-21-9-16-11/h4-9H,3H2,1-2H3,(H,17,18)/t14-/m1/s1. The van der Waals surface area contributed by atoms with Crippen molar-refractivity contribution in [1.82, 2.24) is 15.3 Å². The number of nitrogens with zero attached hydrogens (tertiary/aromatic N) is 2. The SMILES string of the molecule is CCOC(=O)[C@](C)(NC(=O)c1cscn1)c1cccnc1. The highest BCUT2D eigenvalue weighted by atomic mass is 32.1. The van der Waals surface area contributed by atoms with Crippen LogP contribution in [0.5, 0.6) is 0 Å². The Bertz CT molecular complexity index is 616. The molecule has 2 aromatic heterocycles. The molecule has 0 fully saturated rings. The summed E-state index contributed by atoms with van der Waals surface area (Å²) in [6, 6.07) is 3.41. The van der Waals surface area contributed by atoms with E-state index in [0.29, 0.717) is 5.56 Å². The van der Waals surface area contributed by atoms with Gasteiger partial charge >= 0.3 is 5.97 Å². The molecular formula is C14H15N3O3S. The van der Waals surface area contributed by atoms with E-state index >= 15 is 0 Å². The van der Waals surface area contributed by atoms with Gasteiger partial charge in [-0.25, -0.2) is 9.78 Å². The smallest absolute Gasteiger partial charge is 0.336 e. The molecule has 2 aromatic rings. The Labute approximate surface area is 126 Å². The lowest BCUT2D eigenvalue weighted by Gasteiger charge is -2.28. The fourth-order valence-corrected chi connectivity index (χ4v) is 2.32. The quantitative estimate of drug-likeness (QED) is 0.851. The molecule has 0 aliphatic carbocycles. The summed E-state index contributed by atoms with van der Waals surface area (Å²) in [5, 5.41) is 4.30. The van der Waals surface area contributed by atoms with Crippen LogP contribution in [0, 0.1) is 0 Å². The fraction of sp³-hybridized carbons (Fsp3) is 0.286. The minimum Gasteiger partial charge on any atom is -0.464 e. The highest BCUT2D eigenvalue weighted by Crippen LogP contribution is 2.22. The molecule has 0 unspecified atom stereocenters. The van der Waals surface area contributed by atoms with Gasteiger partial charge in [0.15, 0.2) is 5.54 Å². The van der Waals surface area contributed by atoms with Gasteiger partial charge in [0, 0.05) is 23.3 Å². The van der Waals surface area contributed by atoms with Crippen LogP contribution in [0.15, 0.2) is 35.4 Å². The van der Waals surface area contributed by atoms with E-state index in [4.69, 9.17) is 4.74 Å². The van der Waals surface area contributed by atoms with E-state index < -0.39 is 17.4 Å². The molecule has 0 aliphatic rings. The highest BCUT2D eigenvalue weighted by molar-refractivity contribution is 7.07. The van der Waals surface area contributed by atoms with Crippen LogP contribution in [-0.4, -0.2) is 28.5 Å². The van der Waals surface area contributed by atoms with Crippen molar-refractivity contribution in [2.75, 3.05) is 6.61 Å². The number of thiazole rings is 1. The third kappa shape index (κ3) is 3.25. The molecule has 7 heteroatoms. The second kappa shape index (κ2) is 6.45. The Hall–Kier alpha value is -2.28. The second-order valence-corrected chi connectivity index (χ2v) is 5.13. The van der Waals surface area contributed by atoms with Crippen LogP contribution in [-0.2, 0) is 15.1 Å². The Morgan fingerprint density at radius 2 is 2.29 bits per heavy atom. The molecule has 0 aliphatic heterocycles. The zero-order valence-corrected chi connectivity index (χ0v) is 12.5. The maximum atomic E-state index is 12.3. The first kappa shape index (κ1) is 15.1. The van der Waals surface area contributed by atoms with Gasteiger partial charge in [-0.2, -0.15) is 0 Å². The van der Waals surface area contributed by atoms with Crippen LogP contribution >= 0.6 is 11.3 Å². The van der Waals surface area contributed by atoms with Crippen LogP contribution < -0.4 is 5.32 Å². The van der Waals surface area contributed by atoms with E-state index in [1.54, 1.807) is 43.1 Å². The van der Waals surface area contributed by atoms with Crippen molar-refractivity contribution in [3.05, 3.63) is 46.7 Å². The van der Waals surface area contributed by atoms with Gasteiger partial charge in [0.2, 0.25) is 0 Å². The second-order valence-electron chi connectivity index (χ2n) is 4.41. The lowest BCUT2D eigenvalue weighted by atomic mass is 9.93. The summed E-state index contributed by atoms with van der Waals surface area (Å²) >= 11 is 1.31. The van der Waals surface area contributed by atoms with Crippen molar-refractivity contribution in [3.8, 4) is 0 Å². The summed E-state index contributed by atoms with van der Waals surface area (Å²) in [5.41, 5.74) is 1.05. The maximum Gasteiger partial charge on any atom is 0.336 e. The minimum absolute atomic E-state index is 0.223. The zero-order chi connectivity index (χ0) is 15.3. The summed E-state index contributed by atoms with van der Waals surface area (Å²) in [4.78, 5) is 32.4. The number of nitrogens with one attached hydrogen (secondary N) is 1. The first-order valence-electron chi connectivity index (χ1n) is 6.36. The third-order valence-electron chi connectivity index (χ3n) is 2.95. The molecule has 21 heavy (non-hydrogen) atoms. The predicted octanol–water partition coefficient (Wildman–Crippen LogP) is 1.75. The molecular weight excluding hydrogens is 290 g/mol. The normalized spacial score (nSPS) is 13.2. The molecule has 0 saturated heterocycles. The van der Waals surface area contributed by atoms with E-state index in [-0.39, 0.29) is 12.3 Å². The number of hydrogen-bond acceptors (Lipinski definition) is 6. The molecule has 0 bridgehead atoms. The minimum atomic E-state index is -1.31. The number of hydrogen-bond donors (Lipinski definition) is 1. The van der Waals surface area contributed by atoms with Crippen LogP contribution in [0.2, 0.25) is 0 Å². The number of carbonyl (C=O) groups is 2. The van der Waals surface area contributed by atoms with Crippen LogP contribution in [0.1, 0.15) is 29.9 Å². The molecule has 2 rings (SSSR count). The highest BCUT2D eigenvalue weighted by Gasteiger charge is 2.39. The van der Waals surface area contributed by atoms with Crippen LogP contribution in [0.4, 0.5) is 0 Å². The number of aromatic nitrogens is 2. The monoisotopic (exact) mass is 305 g/mol. The van der Waals surface area contributed by atoms with Gasteiger partial charge < -0.3 is 10.1 Å². The van der Waals surface area contributed by atoms with Gasteiger partial charge in [-0.1, -0.05) is 6.07 Å². The number of esters is 1. The number of amides is 1. The van der Waals surface area contributed by atoms with Crippen molar-refractivity contribution in [3.63, 3.8) is 0 Å². The topological polar surface area (TPSA) is 81.2 Å². The summed E-state index contributed by atoms with van der Waals surface area (Å²) in [5.74, 6) is -0.975. The summed E-state index contributed by atoms with van der Waals surface area (Å²) < 4.78 is 5.08. The largest absolute Gasteiger partial charge is 0.464 e. The average molecular weight is 305 g/mol. The number of carbonyl (C=O) groups excluding carboxylic acids is 2. The van der Waals surface area contributed by atoms with E-state index in [2.05, 4.69) is 15.3 Å². The van der Waals surface area contributed by atoms with Crippen LogP contribution in [0.25, 0.3) is 0 Å². The first-order chi connectivity index (χ1) is 10.1. The van der Waals surface area contributed by atoms with Gasteiger partial charge in [0.1, 0.15) is 5.69 Å². The van der Waals surface area contributed by atoms with Gasteiger partial charge in [-0.15, -0.1) is 11.3 Å². The molecule has 1 atom stereocenters. The molecule has 6 nitrogen and oxygen atoms in total. The van der Waals surface area contributed by atoms with Crippen molar-refractivity contribution < 1.29 is 14.3 Å². The summed E-state index contributed by atoms with van der Waals surface area (Å²) in [7, 11) is 0. The van der Waals surface area contributed by atoms with E-state index in [9.17, 15) is 9.59 Å². The van der Waals surface area contributed by atoms with Gasteiger partial charge in [0.05, 0.1) is 12.1 Å². The van der Waals surface area contributed by atoms with Crippen molar-refractivity contribution in [2.24, 2.45) is 0 Å². The molecule has 0 aromatic carbocycles. The third-order valence-corrected chi connectivity index (χ3v) is 3.54. The molecule has 1 amide bonds. The molecule has 0 radical (unpaired) electrons. The lowest BCUT2D eigenvalue weighted by molar-refractivity contribution is -0.150. The molecule has 2 heterocycles.